The quantitative estimate of drug-likeness (QED) is 0.541. The van der Waals surface area contributed by atoms with Gasteiger partial charge in [0.1, 0.15) is 6.33 Å². The Balaban J connectivity index is 3.36. The van der Waals surface area contributed by atoms with Gasteiger partial charge >= 0.3 is 0 Å². The Morgan fingerprint density at radius 3 is 3.10 bits per heavy atom. The Labute approximate surface area is 58.6 Å². The Hall–Kier alpha value is -1.45. The molecule has 0 N–H and O–H groups in total. The van der Waals surface area contributed by atoms with Gasteiger partial charge in [0.2, 0.25) is 0 Å². The van der Waals surface area contributed by atoms with E-state index in [2.05, 4.69) is 21.7 Å². The third-order valence-corrected chi connectivity index (χ3v) is 1.07. The predicted octanol–water partition coefficient (Wildman–Crippen LogP) is -0.0909. The van der Waals surface area contributed by atoms with Crippen LogP contribution in [-0.2, 0) is 0 Å². The van der Waals surface area contributed by atoms with Gasteiger partial charge in [0.25, 0.3) is 0 Å². The maximum absolute atomic E-state index is 3.91. The molecule has 0 aromatic carbocycles. The monoisotopic (exact) mass is 136 g/mol. The minimum Gasteiger partial charge on any atom is -0.269 e. The first-order chi connectivity index (χ1) is 4.88. The van der Waals surface area contributed by atoms with E-state index in [0.717, 1.165) is 0 Å². The van der Waals surface area contributed by atoms with Gasteiger partial charge in [0, 0.05) is 13.2 Å². The number of aromatic nitrogens is 3. The van der Waals surface area contributed by atoms with E-state index in [1.54, 1.807) is 24.1 Å². The summed E-state index contributed by atoms with van der Waals surface area (Å²) in [5.41, 5.74) is 0.692. The fourth-order valence-electron chi connectivity index (χ4n) is 0.605. The molecule has 0 saturated heterocycles. The molecule has 1 aromatic rings. The highest BCUT2D eigenvalue weighted by molar-refractivity contribution is 5.10. The molecule has 0 aliphatic carbocycles. The molecule has 52 valence electrons. The van der Waals surface area contributed by atoms with Crippen LogP contribution in [-0.4, -0.2) is 21.8 Å². The minimum absolute atomic E-state index is 0.692. The molecule has 4 heteroatoms. The smallest absolute Gasteiger partial charge is 0.167 e. The van der Waals surface area contributed by atoms with Crippen LogP contribution in [0.15, 0.2) is 24.1 Å². The first-order valence-electron chi connectivity index (χ1n) is 2.82. The highest BCUT2D eigenvalue weighted by atomic mass is 15.3. The van der Waals surface area contributed by atoms with E-state index in [-0.39, 0.29) is 0 Å². The molecule has 0 aliphatic rings. The van der Waals surface area contributed by atoms with Gasteiger partial charge in [-0.05, 0) is 0 Å². The zero-order valence-electron chi connectivity index (χ0n) is 5.73. The summed E-state index contributed by atoms with van der Waals surface area (Å²) >= 11 is 0. The van der Waals surface area contributed by atoms with E-state index in [9.17, 15) is 0 Å². The molecule has 0 amide bonds. The lowest BCUT2D eigenvalue weighted by molar-refractivity contribution is 0.792. The Morgan fingerprint density at radius 1 is 1.80 bits per heavy atom. The molecule has 1 aromatic heterocycles. The first-order valence-corrected chi connectivity index (χ1v) is 2.82. The summed E-state index contributed by atoms with van der Waals surface area (Å²) < 4.78 is 1.55. The van der Waals surface area contributed by atoms with Gasteiger partial charge in [0.05, 0.1) is 6.20 Å². The predicted molar refractivity (Wildman–Crippen MR) is 37.9 cm³/mol. The molecule has 10 heavy (non-hydrogen) atoms. The van der Waals surface area contributed by atoms with Crippen molar-refractivity contribution in [2.24, 2.45) is 4.99 Å². The van der Waals surface area contributed by atoms with Crippen LogP contribution in [0.25, 0.3) is 6.20 Å². The largest absolute Gasteiger partial charge is 0.269 e. The van der Waals surface area contributed by atoms with E-state index in [1.165, 1.54) is 6.33 Å². The summed E-state index contributed by atoms with van der Waals surface area (Å²) in [7, 11) is 1.68. The maximum Gasteiger partial charge on any atom is 0.167 e. The van der Waals surface area contributed by atoms with Crippen molar-refractivity contribution in [3.8, 4) is 0 Å². The molecule has 0 spiro atoms. The van der Waals surface area contributed by atoms with Gasteiger partial charge in [-0.3, -0.25) is 4.99 Å². The number of hydrogen-bond acceptors (Lipinski definition) is 3. The maximum atomic E-state index is 3.91. The van der Waals surface area contributed by atoms with Gasteiger partial charge in [-0.15, -0.1) is 0 Å². The molecule has 4 nitrogen and oxygen atoms in total. The van der Waals surface area contributed by atoms with E-state index in [0.29, 0.717) is 5.49 Å². The molecule has 0 radical (unpaired) electrons. The Bertz CT molecular complexity index is 286. The molecule has 0 aliphatic heterocycles. The normalized spacial score (nSPS) is 11.5. The van der Waals surface area contributed by atoms with Crippen molar-refractivity contribution in [1.29, 1.82) is 0 Å². The fourth-order valence-corrected chi connectivity index (χ4v) is 0.605. The lowest BCUT2D eigenvalue weighted by Crippen LogP contribution is -2.18. The third-order valence-electron chi connectivity index (χ3n) is 1.07. The van der Waals surface area contributed by atoms with Crippen molar-refractivity contribution in [2.45, 2.75) is 0 Å². The second-order valence-electron chi connectivity index (χ2n) is 1.62. The van der Waals surface area contributed by atoms with Crippen LogP contribution in [0.4, 0.5) is 0 Å². The second-order valence-corrected chi connectivity index (χ2v) is 1.62. The van der Waals surface area contributed by atoms with Crippen molar-refractivity contribution in [3.05, 3.63) is 24.6 Å². The zero-order chi connectivity index (χ0) is 7.40. The lowest BCUT2D eigenvalue weighted by Gasteiger charge is -1.93. The highest BCUT2D eigenvalue weighted by Gasteiger charge is 1.83. The molecule has 0 bridgehead atoms. The molecule has 0 saturated carbocycles. The van der Waals surface area contributed by atoms with Crippen molar-refractivity contribution in [3.63, 3.8) is 0 Å². The molecular formula is C6H8N4. The van der Waals surface area contributed by atoms with Gasteiger partial charge in [-0.1, -0.05) is 6.58 Å². The standard InChI is InChI=1S/C6H8N4/c1-3-10-6(7-2)4-8-5-9-10/h3-5H,1H2,2H3. The number of rotatable bonds is 1. The van der Waals surface area contributed by atoms with Crippen LogP contribution >= 0.6 is 0 Å². The Morgan fingerprint density at radius 2 is 2.60 bits per heavy atom. The van der Waals surface area contributed by atoms with E-state index >= 15 is 0 Å². The van der Waals surface area contributed by atoms with Crippen molar-refractivity contribution >= 4 is 6.20 Å². The molecule has 0 atom stereocenters. The highest BCUT2D eigenvalue weighted by Crippen LogP contribution is 1.69. The second kappa shape index (κ2) is 2.91. The van der Waals surface area contributed by atoms with E-state index < -0.39 is 0 Å². The average molecular weight is 136 g/mol. The van der Waals surface area contributed by atoms with Crippen molar-refractivity contribution in [2.75, 3.05) is 7.05 Å². The average Bonchev–Trinajstić information content (AvgIpc) is 2.04. The summed E-state index contributed by atoms with van der Waals surface area (Å²) in [5.74, 6) is 0. The summed E-state index contributed by atoms with van der Waals surface area (Å²) in [6, 6.07) is 0. The zero-order valence-corrected chi connectivity index (χ0v) is 5.73. The third kappa shape index (κ3) is 1.10. The van der Waals surface area contributed by atoms with Crippen LogP contribution in [0.2, 0.25) is 0 Å². The molecule has 0 fully saturated rings. The minimum atomic E-state index is 0.692. The summed E-state index contributed by atoms with van der Waals surface area (Å²) in [6.07, 6.45) is 4.63. The lowest BCUT2D eigenvalue weighted by atomic mass is 10.8. The summed E-state index contributed by atoms with van der Waals surface area (Å²) in [5, 5.41) is 3.86. The van der Waals surface area contributed by atoms with Gasteiger partial charge in [-0.2, -0.15) is 5.10 Å². The SMILES string of the molecule is C=Cn1ncncc1=NC. The topological polar surface area (TPSA) is 43.1 Å². The van der Waals surface area contributed by atoms with Gasteiger partial charge < -0.3 is 0 Å². The summed E-state index contributed by atoms with van der Waals surface area (Å²) in [4.78, 5) is 7.70. The van der Waals surface area contributed by atoms with Crippen molar-refractivity contribution < 1.29 is 0 Å². The van der Waals surface area contributed by atoms with Crippen LogP contribution in [0.5, 0.6) is 0 Å². The van der Waals surface area contributed by atoms with Crippen LogP contribution in [0.1, 0.15) is 0 Å². The van der Waals surface area contributed by atoms with Gasteiger partial charge in [-0.25, -0.2) is 9.67 Å². The molecule has 1 rings (SSSR count). The summed E-state index contributed by atoms with van der Waals surface area (Å²) in [6.45, 7) is 3.55. The number of hydrogen-bond donors (Lipinski definition) is 0. The van der Waals surface area contributed by atoms with Crippen LogP contribution < -0.4 is 5.49 Å². The van der Waals surface area contributed by atoms with Gasteiger partial charge in [0.15, 0.2) is 5.49 Å². The molecular weight excluding hydrogens is 128 g/mol. The van der Waals surface area contributed by atoms with Crippen LogP contribution in [0, 0.1) is 0 Å². The van der Waals surface area contributed by atoms with E-state index in [1.807, 2.05) is 0 Å². The Kier molecular flexibility index (Phi) is 1.94. The fraction of sp³-hybridized carbons (Fsp3) is 0.167. The van der Waals surface area contributed by atoms with Crippen molar-refractivity contribution in [1.82, 2.24) is 14.8 Å². The molecule has 1 heterocycles. The molecule has 0 unspecified atom stereocenters. The van der Waals surface area contributed by atoms with E-state index in [4.69, 9.17) is 0 Å². The first kappa shape index (κ1) is 6.67. The van der Waals surface area contributed by atoms with Crippen LogP contribution in [0.3, 0.4) is 0 Å². The number of nitrogens with zero attached hydrogens (tertiary/aromatic N) is 4.